The third-order valence-corrected chi connectivity index (χ3v) is 2.67. The maximum atomic E-state index is 9.86. The van der Waals surface area contributed by atoms with E-state index in [4.69, 9.17) is 0 Å². The lowest BCUT2D eigenvalue weighted by atomic mass is 10.2. The van der Waals surface area contributed by atoms with Gasteiger partial charge in [0.05, 0.1) is 12.3 Å². The van der Waals surface area contributed by atoms with Gasteiger partial charge in [0.2, 0.25) is 0 Å². The average Bonchev–Trinajstić information content (AvgIpc) is 2.94. The summed E-state index contributed by atoms with van der Waals surface area (Å²) < 4.78 is 1.88. The van der Waals surface area contributed by atoms with Gasteiger partial charge in [-0.3, -0.25) is 4.68 Å². The van der Waals surface area contributed by atoms with Crippen LogP contribution in [-0.4, -0.2) is 27.5 Å². The van der Waals surface area contributed by atoms with E-state index >= 15 is 0 Å². The summed E-state index contributed by atoms with van der Waals surface area (Å²) in [6, 6.07) is 0.644. The first-order chi connectivity index (χ1) is 7.29. The summed E-state index contributed by atoms with van der Waals surface area (Å²) in [6.07, 6.45) is 6.84. The molecule has 0 amide bonds. The normalized spacial score (nSPS) is 18.0. The molecule has 0 bridgehead atoms. The highest BCUT2D eigenvalue weighted by Crippen LogP contribution is 2.20. The first-order valence-corrected chi connectivity index (χ1v) is 5.73. The molecule has 1 aliphatic rings. The van der Waals surface area contributed by atoms with Crippen LogP contribution in [0, 0.1) is 0 Å². The summed E-state index contributed by atoms with van der Waals surface area (Å²) in [5.74, 6) is 0. The molecule has 1 fully saturated rings. The van der Waals surface area contributed by atoms with Gasteiger partial charge in [0.15, 0.2) is 0 Å². The van der Waals surface area contributed by atoms with Crippen molar-refractivity contribution in [3.63, 3.8) is 0 Å². The van der Waals surface area contributed by atoms with E-state index in [1.165, 1.54) is 12.8 Å². The van der Waals surface area contributed by atoms with Gasteiger partial charge in [-0.15, -0.1) is 0 Å². The quantitative estimate of drug-likeness (QED) is 0.737. The Labute approximate surface area is 90.3 Å². The molecule has 4 nitrogen and oxygen atoms in total. The Morgan fingerprint density at radius 3 is 3.13 bits per heavy atom. The molecule has 15 heavy (non-hydrogen) atoms. The Bertz CT molecular complexity index is 307. The standard InChI is InChI=1S/C11H19N3O/c1-2-5-14-8-9(6-13-14)11(15)7-12-10-3-4-10/h6,8,10-12,15H,2-5,7H2,1H3. The Kier molecular flexibility index (Phi) is 3.38. The van der Waals surface area contributed by atoms with E-state index < -0.39 is 6.10 Å². The summed E-state index contributed by atoms with van der Waals surface area (Å²) in [4.78, 5) is 0. The monoisotopic (exact) mass is 209 g/mol. The fraction of sp³-hybridized carbons (Fsp3) is 0.727. The Balaban J connectivity index is 1.83. The minimum Gasteiger partial charge on any atom is -0.387 e. The zero-order valence-corrected chi connectivity index (χ0v) is 9.19. The van der Waals surface area contributed by atoms with Crippen molar-refractivity contribution in [2.75, 3.05) is 6.54 Å². The molecule has 0 spiro atoms. The maximum absolute atomic E-state index is 9.86. The Hall–Kier alpha value is -0.870. The van der Waals surface area contributed by atoms with Crippen LogP contribution in [-0.2, 0) is 6.54 Å². The van der Waals surface area contributed by atoms with E-state index in [-0.39, 0.29) is 0 Å². The molecule has 0 aliphatic heterocycles. The zero-order valence-electron chi connectivity index (χ0n) is 9.19. The summed E-state index contributed by atoms with van der Waals surface area (Å²) in [7, 11) is 0. The highest BCUT2D eigenvalue weighted by Gasteiger charge is 2.21. The van der Waals surface area contributed by atoms with Gasteiger partial charge < -0.3 is 10.4 Å². The number of rotatable bonds is 6. The van der Waals surface area contributed by atoms with Crippen LogP contribution >= 0.6 is 0 Å². The van der Waals surface area contributed by atoms with Gasteiger partial charge in [-0.1, -0.05) is 6.92 Å². The number of aliphatic hydroxyl groups excluding tert-OH is 1. The van der Waals surface area contributed by atoms with Crippen molar-refractivity contribution in [3.8, 4) is 0 Å². The molecule has 84 valence electrons. The number of aliphatic hydroxyl groups is 1. The average molecular weight is 209 g/mol. The SMILES string of the molecule is CCCn1cc(C(O)CNC2CC2)cn1. The molecule has 1 aliphatic carbocycles. The zero-order chi connectivity index (χ0) is 10.7. The summed E-state index contributed by atoms with van der Waals surface area (Å²) in [5, 5.41) is 17.4. The van der Waals surface area contributed by atoms with Crippen LogP contribution in [0.2, 0.25) is 0 Å². The van der Waals surface area contributed by atoms with Crippen molar-refractivity contribution in [1.29, 1.82) is 0 Å². The Morgan fingerprint density at radius 1 is 1.67 bits per heavy atom. The van der Waals surface area contributed by atoms with Crippen LogP contribution < -0.4 is 5.32 Å². The highest BCUT2D eigenvalue weighted by atomic mass is 16.3. The summed E-state index contributed by atoms with van der Waals surface area (Å²) in [6.45, 7) is 3.68. The number of nitrogens with one attached hydrogen (secondary N) is 1. The predicted octanol–water partition coefficient (Wildman–Crippen LogP) is 1.08. The minimum absolute atomic E-state index is 0.420. The van der Waals surface area contributed by atoms with Gasteiger partial charge >= 0.3 is 0 Å². The van der Waals surface area contributed by atoms with Crippen molar-refractivity contribution in [1.82, 2.24) is 15.1 Å². The summed E-state index contributed by atoms with van der Waals surface area (Å²) in [5.41, 5.74) is 0.914. The second-order valence-electron chi connectivity index (χ2n) is 4.24. The van der Waals surface area contributed by atoms with Crippen LogP contribution in [0.25, 0.3) is 0 Å². The number of hydrogen-bond donors (Lipinski definition) is 2. The second-order valence-corrected chi connectivity index (χ2v) is 4.24. The number of aromatic nitrogens is 2. The predicted molar refractivity (Wildman–Crippen MR) is 58.5 cm³/mol. The van der Waals surface area contributed by atoms with E-state index in [2.05, 4.69) is 17.3 Å². The topological polar surface area (TPSA) is 50.1 Å². The largest absolute Gasteiger partial charge is 0.387 e. The molecule has 1 unspecified atom stereocenters. The van der Waals surface area contributed by atoms with E-state index in [1.807, 2.05) is 10.9 Å². The molecule has 4 heteroatoms. The fourth-order valence-electron chi connectivity index (χ4n) is 1.59. The lowest BCUT2D eigenvalue weighted by molar-refractivity contribution is 0.174. The number of aryl methyl sites for hydroxylation is 1. The van der Waals surface area contributed by atoms with Crippen LogP contribution in [0.1, 0.15) is 37.9 Å². The third kappa shape index (κ3) is 3.04. The lowest BCUT2D eigenvalue weighted by Gasteiger charge is -2.08. The van der Waals surface area contributed by atoms with Gasteiger partial charge in [0, 0.05) is 30.9 Å². The van der Waals surface area contributed by atoms with Gasteiger partial charge in [-0.05, 0) is 19.3 Å². The second kappa shape index (κ2) is 4.77. The molecule has 2 N–H and O–H groups in total. The van der Waals surface area contributed by atoms with E-state index in [1.54, 1.807) is 6.20 Å². The first kappa shape index (κ1) is 10.6. The molecular formula is C11H19N3O. The Morgan fingerprint density at radius 2 is 2.47 bits per heavy atom. The van der Waals surface area contributed by atoms with E-state index in [0.29, 0.717) is 12.6 Å². The van der Waals surface area contributed by atoms with Crippen molar-refractivity contribution >= 4 is 0 Å². The summed E-state index contributed by atoms with van der Waals surface area (Å²) >= 11 is 0. The molecule has 1 aromatic rings. The van der Waals surface area contributed by atoms with Gasteiger partial charge in [-0.25, -0.2) is 0 Å². The van der Waals surface area contributed by atoms with E-state index in [9.17, 15) is 5.11 Å². The number of nitrogens with zero attached hydrogens (tertiary/aromatic N) is 2. The third-order valence-electron chi connectivity index (χ3n) is 2.67. The molecular weight excluding hydrogens is 190 g/mol. The molecule has 0 saturated heterocycles. The lowest BCUT2D eigenvalue weighted by Crippen LogP contribution is -2.23. The number of hydrogen-bond acceptors (Lipinski definition) is 3. The van der Waals surface area contributed by atoms with Crippen molar-refractivity contribution in [2.45, 2.75) is 44.9 Å². The molecule has 1 aromatic heterocycles. The molecule has 1 heterocycles. The molecule has 1 atom stereocenters. The molecule has 0 aromatic carbocycles. The molecule has 1 saturated carbocycles. The van der Waals surface area contributed by atoms with Crippen molar-refractivity contribution in [2.24, 2.45) is 0 Å². The van der Waals surface area contributed by atoms with Gasteiger partial charge in [-0.2, -0.15) is 5.10 Å². The fourth-order valence-corrected chi connectivity index (χ4v) is 1.59. The minimum atomic E-state index is -0.420. The van der Waals surface area contributed by atoms with Crippen molar-refractivity contribution in [3.05, 3.63) is 18.0 Å². The van der Waals surface area contributed by atoms with E-state index in [0.717, 1.165) is 18.5 Å². The van der Waals surface area contributed by atoms with Crippen LogP contribution in [0.4, 0.5) is 0 Å². The van der Waals surface area contributed by atoms with Crippen molar-refractivity contribution < 1.29 is 5.11 Å². The highest BCUT2D eigenvalue weighted by molar-refractivity contribution is 5.08. The van der Waals surface area contributed by atoms with Crippen LogP contribution in [0.3, 0.4) is 0 Å². The van der Waals surface area contributed by atoms with Gasteiger partial charge in [0.25, 0.3) is 0 Å². The van der Waals surface area contributed by atoms with Crippen LogP contribution in [0.15, 0.2) is 12.4 Å². The van der Waals surface area contributed by atoms with Gasteiger partial charge in [0.1, 0.15) is 0 Å². The molecule has 2 rings (SSSR count). The van der Waals surface area contributed by atoms with Crippen LogP contribution in [0.5, 0.6) is 0 Å². The first-order valence-electron chi connectivity index (χ1n) is 5.73. The smallest absolute Gasteiger partial charge is 0.0944 e. The molecule has 0 radical (unpaired) electrons. The maximum Gasteiger partial charge on any atom is 0.0944 e.